The van der Waals surface area contributed by atoms with E-state index in [9.17, 15) is 0 Å². The van der Waals surface area contributed by atoms with Crippen LogP contribution in [0.2, 0.25) is 10.0 Å². The van der Waals surface area contributed by atoms with Gasteiger partial charge in [0.25, 0.3) is 0 Å². The third-order valence-corrected chi connectivity index (χ3v) is 4.30. The van der Waals surface area contributed by atoms with Crippen molar-refractivity contribution in [2.75, 3.05) is 13.1 Å². The summed E-state index contributed by atoms with van der Waals surface area (Å²) in [5, 5.41) is 4.74. The van der Waals surface area contributed by atoms with Crippen molar-refractivity contribution in [2.45, 2.75) is 11.8 Å². The Kier molecular flexibility index (Phi) is 1.85. The third-order valence-electron chi connectivity index (χ3n) is 3.56. The first kappa shape index (κ1) is 9.02. The van der Waals surface area contributed by atoms with Crippen LogP contribution in [-0.2, 0) is 5.41 Å². The van der Waals surface area contributed by atoms with E-state index in [1.807, 2.05) is 12.1 Å². The molecule has 1 aromatic carbocycles. The predicted molar refractivity (Wildman–Crippen MR) is 59.1 cm³/mol. The van der Waals surface area contributed by atoms with Crippen LogP contribution in [0.4, 0.5) is 0 Å². The Morgan fingerprint density at radius 2 is 2.14 bits per heavy atom. The van der Waals surface area contributed by atoms with E-state index in [4.69, 9.17) is 23.2 Å². The van der Waals surface area contributed by atoms with Crippen molar-refractivity contribution >= 4 is 23.2 Å². The van der Waals surface area contributed by atoms with Crippen LogP contribution in [0.1, 0.15) is 12.0 Å². The molecule has 0 aromatic heterocycles. The molecule has 1 nitrogen and oxygen atoms in total. The quantitative estimate of drug-likeness (QED) is 0.779. The molecular formula is C11H11Cl2N. The fourth-order valence-electron chi connectivity index (χ4n) is 2.60. The van der Waals surface area contributed by atoms with Crippen LogP contribution in [0.3, 0.4) is 0 Å². The molecule has 3 heteroatoms. The Bertz CT molecular complexity index is 391. The second-order valence-corrected chi connectivity index (χ2v) is 5.13. The van der Waals surface area contributed by atoms with Crippen molar-refractivity contribution in [3.8, 4) is 0 Å². The highest BCUT2D eigenvalue weighted by molar-refractivity contribution is 6.42. The zero-order valence-corrected chi connectivity index (χ0v) is 9.20. The van der Waals surface area contributed by atoms with Crippen molar-refractivity contribution < 1.29 is 0 Å². The number of hydrogen-bond acceptors (Lipinski definition) is 1. The molecule has 1 aromatic rings. The molecule has 1 saturated heterocycles. The molecule has 3 rings (SSSR count). The van der Waals surface area contributed by atoms with Crippen LogP contribution in [0.15, 0.2) is 18.2 Å². The van der Waals surface area contributed by atoms with Crippen LogP contribution in [-0.4, -0.2) is 13.1 Å². The molecule has 1 unspecified atom stereocenters. The van der Waals surface area contributed by atoms with Crippen LogP contribution in [0.5, 0.6) is 0 Å². The van der Waals surface area contributed by atoms with E-state index in [1.165, 1.54) is 12.0 Å². The molecule has 0 bridgehead atoms. The molecule has 74 valence electrons. The van der Waals surface area contributed by atoms with Crippen LogP contribution < -0.4 is 5.32 Å². The van der Waals surface area contributed by atoms with E-state index in [-0.39, 0.29) is 0 Å². The number of benzene rings is 1. The monoisotopic (exact) mass is 227 g/mol. The minimum atomic E-state index is 0.383. The fourth-order valence-corrected chi connectivity index (χ4v) is 2.89. The third kappa shape index (κ3) is 1.13. The first-order chi connectivity index (χ1) is 6.72. The summed E-state index contributed by atoms with van der Waals surface area (Å²) in [4.78, 5) is 0. The molecule has 0 radical (unpaired) electrons. The van der Waals surface area contributed by atoms with Gasteiger partial charge in [-0.3, -0.25) is 0 Å². The molecule has 1 aliphatic carbocycles. The smallest absolute Gasteiger partial charge is 0.0595 e. The number of hydrogen-bond donors (Lipinski definition) is 1. The van der Waals surface area contributed by atoms with Crippen molar-refractivity contribution in [1.82, 2.24) is 5.32 Å². The van der Waals surface area contributed by atoms with Crippen LogP contribution in [0, 0.1) is 5.92 Å². The van der Waals surface area contributed by atoms with E-state index in [0.29, 0.717) is 15.5 Å². The Hall–Kier alpha value is -0.240. The molecule has 2 atom stereocenters. The lowest BCUT2D eigenvalue weighted by molar-refractivity contribution is 0.676. The van der Waals surface area contributed by atoms with Gasteiger partial charge in [0.05, 0.1) is 10.0 Å². The topological polar surface area (TPSA) is 12.0 Å². The standard InChI is InChI=1S/C11H11Cl2N/c12-9-2-1-7(3-10(9)13)11-4-8(11)5-14-6-11/h1-3,8,14H,4-6H2/t8?,11-/m1/s1. The van der Waals surface area contributed by atoms with E-state index in [0.717, 1.165) is 19.0 Å². The average Bonchev–Trinajstić information content (AvgIpc) is 2.75. The summed E-state index contributed by atoms with van der Waals surface area (Å²) in [5.74, 6) is 0.819. The lowest BCUT2D eigenvalue weighted by Gasteiger charge is -2.12. The molecule has 0 spiro atoms. The molecule has 1 saturated carbocycles. The highest BCUT2D eigenvalue weighted by atomic mass is 35.5. The summed E-state index contributed by atoms with van der Waals surface area (Å²) in [6, 6.07) is 6.04. The summed E-state index contributed by atoms with van der Waals surface area (Å²) >= 11 is 11.9. The first-order valence-electron chi connectivity index (χ1n) is 4.89. The van der Waals surface area contributed by atoms with Crippen LogP contribution in [0.25, 0.3) is 0 Å². The second-order valence-electron chi connectivity index (χ2n) is 4.32. The maximum Gasteiger partial charge on any atom is 0.0595 e. The molecule has 2 fully saturated rings. The zero-order valence-electron chi connectivity index (χ0n) is 7.69. The summed E-state index contributed by atoms with van der Waals surface area (Å²) < 4.78 is 0. The second kappa shape index (κ2) is 2.88. The number of rotatable bonds is 1. The zero-order chi connectivity index (χ0) is 9.76. The van der Waals surface area contributed by atoms with Crippen molar-refractivity contribution in [1.29, 1.82) is 0 Å². The molecule has 1 heterocycles. The summed E-state index contributed by atoms with van der Waals surface area (Å²) in [7, 11) is 0. The maximum atomic E-state index is 6.02. The van der Waals surface area contributed by atoms with Gasteiger partial charge in [0.15, 0.2) is 0 Å². The van der Waals surface area contributed by atoms with Gasteiger partial charge in [0.2, 0.25) is 0 Å². The Morgan fingerprint density at radius 3 is 2.71 bits per heavy atom. The average molecular weight is 228 g/mol. The number of piperidine rings is 1. The highest BCUT2D eigenvalue weighted by Crippen LogP contribution is 2.56. The van der Waals surface area contributed by atoms with E-state index in [2.05, 4.69) is 11.4 Å². The predicted octanol–water partition coefficient (Wildman–Crippen LogP) is 2.85. The molecule has 14 heavy (non-hydrogen) atoms. The SMILES string of the molecule is Clc1ccc([C@@]23CNCC2C3)cc1Cl. The van der Waals surface area contributed by atoms with Gasteiger partial charge in [-0.15, -0.1) is 0 Å². The Balaban J connectivity index is 2.01. The Labute approximate surface area is 93.4 Å². The van der Waals surface area contributed by atoms with Crippen LogP contribution >= 0.6 is 23.2 Å². The number of fused-ring (bicyclic) bond motifs is 1. The lowest BCUT2D eigenvalue weighted by atomic mass is 9.95. The fraction of sp³-hybridized carbons (Fsp3) is 0.455. The summed E-state index contributed by atoms with van der Waals surface area (Å²) in [6.45, 7) is 2.25. The van der Waals surface area contributed by atoms with Crippen molar-refractivity contribution in [2.24, 2.45) is 5.92 Å². The Morgan fingerprint density at radius 1 is 1.29 bits per heavy atom. The van der Waals surface area contributed by atoms with Gasteiger partial charge >= 0.3 is 0 Å². The number of halogens is 2. The van der Waals surface area contributed by atoms with E-state index >= 15 is 0 Å². The van der Waals surface area contributed by atoms with Gasteiger partial charge in [-0.2, -0.15) is 0 Å². The minimum absolute atomic E-state index is 0.383. The maximum absolute atomic E-state index is 6.02. The lowest BCUT2D eigenvalue weighted by Crippen LogP contribution is -2.19. The first-order valence-corrected chi connectivity index (χ1v) is 5.64. The minimum Gasteiger partial charge on any atom is -0.316 e. The van der Waals surface area contributed by atoms with Gasteiger partial charge in [0.1, 0.15) is 0 Å². The van der Waals surface area contributed by atoms with E-state index in [1.54, 1.807) is 0 Å². The van der Waals surface area contributed by atoms with Crippen molar-refractivity contribution in [3.63, 3.8) is 0 Å². The number of nitrogens with one attached hydrogen (secondary N) is 1. The molecule has 2 aliphatic rings. The van der Waals surface area contributed by atoms with Crippen molar-refractivity contribution in [3.05, 3.63) is 33.8 Å². The van der Waals surface area contributed by atoms with Gasteiger partial charge in [0, 0.05) is 12.0 Å². The normalized spacial score (nSPS) is 34.3. The molecular weight excluding hydrogens is 217 g/mol. The largest absolute Gasteiger partial charge is 0.316 e. The molecule has 1 aliphatic heterocycles. The van der Waals surface area contributed by atoms with Gasteiger partial charge in [-0.1, -0.05) is 29.3 Å². The van der Waals surface area contributed by atoms with E-state index < -0.39 is 0 Å². The molecule has 1 N–H and O–H groups in total. The summed E-state index contributed by atoms with van der Waals surface area (Å²) in [6.07, 6.45) is 1.30. The van der Waals surface area contributed by atoms with Gasteiger partial charge in [-0.05, 0) is 36.6 Å². The summed E-state index contributed by atoms with van der Waals surface area (Å²) in [5.41, 5.74) is 1.73. The molecule has 0 amide bonds. The highest BCUT2D eigenvalue weighted by Gasteiger charge is 2.57. The van der Waals surface area contributed by atoms with Gasteiger partial charge < -0.3 is 5.32 Å². The van der Waals surface area contributed by atoms with Gasteiger partial charge in [-0.25, -0.2) is 0 Å².